The molecule has 1 aromatic heterocycles. The molecule has 1 N–H and O–H groups in total. The Morgan fingerprint density at radius 3 is 2.69 bits per heavy atom. The van der Waals surface area contributed by atoms with Gasteiger partial charge in [-0.05, 0) is 36.9 Å². The van der Waals surface area contributed by atoms with Crippen LogP contribution in [0.3, 0.4) is 0 Å². The summed E-state index contributed by atoms with van der Waals surface area (Å²) in [5.74, 6) is -1.25. The Kier molecular flexibility index (Phi) is 2.46. The van der Waals surface area contributed by atoms with Gasteiger partial charge in [0.1, 0.15) is 0 Å². The first-order chi connectivity index (χ1) is 7.50. The van der Waals surface area contributed by atoms with Crippen LogP contribution in [-0.4, -0.2) is 15.6 Å². The third-order valence-corrected chi connectivity index (χ3v) is 3.18. The van der Waals surface area contributed by atoms with Crippen LogP contribution in [0, 0.1) is 6.92 Å². The van der Waals surface area contributed by atoms with E-state index in [1.807, 2.05) is 32.2 Å². The highest BCUT2D eigenvalue weighted by atomic mass is 16.4. The average molecular weight is 217 g/mol. The van der Waals surface area contributed by atoms with E-state index in [0.717, 1.165) is 16.5 Å². The van der Waals surface area contributed by atoms with Gasteiger partial charge in [0.15, 0.2) is 0 Å². The lowest BCUT2D eigenvalue weighted by molar-refractivity contribution is -0.138. The normalized spacial score (nSPS) is 12.9. The van der Waals surface area contributed by atoms with E-state index in [0.29, 0.717) is 0 Å². The van der Waals surface area contributed by atoms with Gasteiger partial charge in [-0.25, -0.2) is 0 Å². The molecule has 0 saturated carbocycles. The molecule has 1 atom stereocenters. The van der Waals surface area contributed by atoms with Crippen molar-refractivity contribution < 1.29 is 9.90 Å². The van der Waals surface area contributed by atoms with Gasteiger partial charge in [0.25, 0.3) is 0 Å². The summed E-state index contributed by atoms with van der Waals surface area (Å²) in [5.41, 5.74) is 3.11. The van der Waals surface area contributed by atoms with Crippen molar-refractivity contribution in [1.29, 1.82) is 0 Å². The van der Waals surface area contributed by atoms with Gasteiger partial charge in [-0.15, -0.1) is 0 Å². The van der Waals surface area contributed by atoms with Gasteiger partial charge in [0.05, 0.1) is 5.92 Å². The molecule has 3 nitrogen and oxygen atoms in total. The molecule has 0 aliphatic heterocycles. The van der Waals surface area contributed by atoms with Gasteiger partial charge in [-0.3, -0.25) is 4.79 Å². The molecular formula is C13H15NO2. The number of aliphatic carboxylic acids is 1. The van der Waals surface area contributed by atoms with Crippen LogP contribution in [0.4, 0.5) is 0 Å². The minimum absolute atomic E-state index is 0.459. The van der Waals surface area contributed by atoms with Crippen LogP contribution in [0.2, 0.25) is 0 Å². The maximum Gasteiger partial charge on any atom is 0.310 e. The van der Waals surface area contributed by atoms with E-state index in [4.69, 9.17) is 5.11 Å². The zero-order valence-corrected chi connectivity index (χ0v) is 9.69. The molecule has 0 aliphatic rings. The fourth-order valence-corrected chi connectivity index (χ4v) is 1.90. The van der Waals surface area contributed by atoms with Crippen molar-refractivity contribution in [3.63, 3.8) is 0 Å². The Morgan fingerprint density at radius 2 is 2.06 bits per heavy atom. The molecule has 0 aliphatic carbocycles. The third kappa shape index (κ3) is 1.58. The van der Waals surface area contributed by atoms with Crippen molar-refractivity contribution in [3.05, 3.63) is 35.5 Å². The molecule has 0 saturated heterocycles. The van der Waals surface area contributed by atoms with Crippen molar-refractivity contribution in [2.24, 2.45) is 7.05 Å². The van der Waals surface area contributed by atoms with Crippen molar-refractivity contribution in [3.8, 4) is 0 Å². The molecule has 16 heavy (non-hydrogen) atoms. The zero-order valence-electron chi connectivity index (χ0n) is 9.69. The number of fused-ring (bicyclic) bond motifs is 1. The maximum absolute atomic E-state index is 10.9. The summed E-state index contributed by atoms with van der Waals surface area (Å²) < 4.78 is 2.08. The Morgan fingerprint density at radius 1 is 1.38 bits per heavy atom. The number of carboxylic acid groups (broad SMARTS) is 1. The number of aromatic nitrogens is 1. The van der Waals surface area contributed by atoms with Crippen molar-refractivity contribution in [2.45, 2.75) is 19.8 Å². The number of hydrogen-bond donors (Lipinski definition) is 1. The highest BCUT2D eigenvalue weighted by molar-refractivity contribution is 5.84. The summed E-state index contributed by atoms with van der Waals surface area (Å²) >= 11 is 0. The molecule has 0 amide bonds. The number of hydrogen-bond acceptors (Lipinski definition) is 1. The quantitative estimate of drug-likeness (QED) is 0.840. The summed E-state index contributed by atoms with van der Waals surface area (Å²) in [6, 6.07) is 7.93. The molecule has 0 fully saturated rings. The molecule has 1 aromatic carbocycles. The molecule has 84 valence electrons. The molecule has 1 heterocycles. The van der Waals surface area contributed by atoms with E-state index < -0.39 is 11.9 Å². The number of benzene rings is 1. The number of carboxylic acids is 1. The van der Waals surface area contributed by atoms with Crippen LogP contribution in [0.1, 0.15) is 24.1 Å². The van der Waals surface area contributed by atoms with E-state index in [9.17, 15) is 4.79 Å². The predicted octanol–water partition coefficient (Wildman–Crippen LogP) is 2.67. The number of rotatable bonds is 2. The van der Waals surface area contributed by atoms with E-state index in [-0.39, 0.29) is 0 Å². The molecule has 2 aromatic rings. The summed E-state index contributed by atoms with van der Waals surface area (Å²) in [5, 5.41) is 10.1. The van der Waals surface area contributed by atoms with Crippen molar-refractivity contribution >= 4 is 16.9 Å². The van der Waals surface area contributed by atoms with Crippen LogP contribution in [-0.2, 0) is 11.8 Å². The minimum atomic E-state index is -0.787. The van der Waals surface area contributed by atoms with Gasteiger partial charge < -0.3 is 9.67 Å². The Labute approximate surface area is 94.3 Å². The zero-order chi connectivity index (χ0) is 11.9. The van der Waals surface area contributed by atoms with Crippen LogP contribution in [0.5, 0.6) is 0 Å². The van der Waals surface area contributed by atoms with Crippen LogP contribution < -0.4 is 0 Å². The Balaban J connectivity index is 2.59. The van der Waals surface area contributed by atoms with Gasteiger partial charge in [-0.2, -0.15) is 0 Å². The average Bonchev–Trinajstić information content (AvgIpc) is 2.53. The molecule has 0 spiro atoms. The number of nitrogens with zero attached hydrogens (tertiary/aromatic N) is 1. The van der Waals surface area contributed by atoms with Gasteiger partial charge in [0, 0.05) is 18.3 Å². The molecule has 1 unspecified atom stereocenters. The minimum Gasteiger partial charge on any atom is -0.481 e. The van der Waals surface area contributed by atoms with E-state index in [2.05, 4.69) is 10.6 Å². The van der Waals surface area contributed by atoms with E-state index in [1.165, 1.54) is 5.69 Å². The lowest BCUT2D eigenvalue weighted by atomic mass is 10.0. The Hall–Kier alpha value is -1.77. The first-order valence-corrected chi connectivity index (χ1v) is 5.29. The first-order valence-electron chi connectivity index (χ1n) is 5.29. The second-order valence-corrected chi connectivity index (χ2v) is 4.22. The SMILES string of the molecule is Cc1cc2ccc(C(C)C(=O)O)cc2n1C. The van der Waals surface area contributed by atoms with Gasteiger partial charge in [-0.1, -0.05) is 12.1 Å². The predicted molar refractivity (Wildman–Crippen MR) is 63.7 cm³/mol. The largest absolute Gasteiger partial charge is 0.481 e. The fourth-order valence-electron chi connectivity index (χ4n) is 1.90. The smallest absolute Gasteiger partial charge is 0.310 e. The second kappa shape index (κ2) is 3.67. The third-order valence-electron chi connectivity index (χ3n) is 3.18. The summed E-state index contributed by atoms with van der Waals surface area (Å²) in [4.78, 5) is 10.9. The molecule has 0 radical (unpaired) electrons. The van der Waals surface area contributed by atoms with Gasteiger partial charge in [0.2, 0.25) is 0 Å². The molecular weight excluding hydrogens is 202 g/mol. The van der Waals surface area contributed by atoms with Crippen molar-refractivity contribution in [2.75, 3.05) is 0 Å². The summed E-state index contributed by atoms with van der Waals surface area (Å²) in [7, 11) is 1.99. The number of carbonyl (C=O) groups is 1. The second-order valence-electron chi connectivity index (χ2n) is 4.22. The molecule has 3 heteroatoms. The Bertz CT molecular complexity index is 554. The van der Waals surface area contributed by atoms with Crippen LogP contribution in [0.15, 0.2) is 24.3 Å². The van der Waals surface area contributed by atoms with Crippen molar-refractivity contribution in [1.82, 2.24) is 4.57 Å². The van der Waals surface area contributed by atoms with Crippen LogP contribution in [0.25, 0.3) is 10.9 Å². The van der Waals surface area contributed by atoms with E-state index >= 15 is 0 Å². The molecule has 2 rings (SSSR count). The summed E-state index contributed by atoms with van der Waals surface area (Å²) in [6.07, 6.45) is 0. The summed E-state index contributed by atoms with van der Waals surface area (Å²) in [6.45, 7) is 3.75. The maximum atomic E-state index is 10.9. The fraction of sp³-hybridized carbons (Fsp3) is 0.308. The highest BCUT2D eigenvalue weighted by Crippen LogP contribution is 2.24. The standard InChI is InChI=1S/C13H15NO2/c1-8-6-11-5-4-10(9(2)13(15)16)7-12(11)14(8)3/h4-7,9H,1-3H3,(H,15,16). The lowest BCUT2D eigenvalue weighted by Crippen LogP contribution is -2.07. The first kappa shape index (κ1) is 10.7. The topological polar surface area (TPSA) is 42.2 Å². The highest BCUT2D eigenvalue weighted by Gasteiger charge is 2.14. The van der Waals surface area contributed by atoms with Gasteiger partial charge >= 0.3 is 5.97 Å². The molecule has 0 bridgehead atoms. The lowest BCUT2D eigenvalue weighted by Gasteiger charge is -2.07. The monoisotopic (exact) mass is 217 g/mol. The van der Waals surface area contributed by atoms with E-state index in [1.54, 1.807) is 6.92 Å². The van der Waals surface area contributed by atoms with Crippen LogP contribution >= 0.6 is 0 Å². The number of aryl methyl sites for hydroxylation is 2.